The molecule has 1 aliphatic heterocycles. The number of ether oxygens (including phenoxy) is 1. The highest BCUT2D eigenvalue weighted by molar-refractivity contribution is 5.30. The summed E-state index contributed by atoms with van der Waals surface area (Å²) in [5.74, 6) is 0.544. The summed E-state index contributed by atoms with van der Waals surface area (Å²) in [5.41, 5.74) is 4.24. The molecule has 1 aliphatic carbocycles. The van der Waals surface area contributed by atoms with Crippen LogP contribution in [0.25, 0.3) is 0 Å². The Hall–Kier alpha value is -1.65. The molecule has 1 fully saturated rings. The van der Waals surface area contributed by atoms with Crippen molar-refractivity contribution in [3.8, 4) is 0 Å². The summed E-state index contributed by atoms with van der Waals surface area (Å²) in [7, 11) is 2.00. The fraction of sp³-hybridized carbons (Fsp3) is 0.526. The molecular formula is C19H25N3O. The molecule has 4 heteroatoms. The summed E-state index contributed by atoms with van der Waals surface area (Å²) in [5, 5.41) is 8.09. The summed E-state index contributed by atoms with van der Waals surface area (Å²) in [6.45, 7) is 1.89. The lowest BCUT2D eigenvalue weighted by Gasteiger charge is -2.28. The third-order valence-corrected chi connectivity index (χ3v) is 5.38. The maximum absolute atomic E-state index is 5.99. The van der Waals surface area contributed by atoms with Gasteiger partial charge in [0, 0.05) is 38.4 Å². The Morgan fingerprint density at radius 1 is 1.22 bits per heavy atom. The van der Waals surface area contributed by atoms with Gasteiger partial charge in [0.05, 0.1) is 5.69 Å². The first-order chi connectivity index (χ1) is 11.3. The van der Waals surface area contributed by atoms with Gasteiger partial charge in [0.25, 0.3) is 0 Å². The van der Waals surface area contributed by atoms with Crippen LogP contribution in [-0.4, -0.2) is 29.0 Å². The zero-order valence-corrected chi connectivity index (χ0v) is 13.7. The van der Waals surface area contributed by atoms with Gasteiger partial charge in [-0.3, -0.25) is 4.68 Å². The van der Waals surface area contributed by atoms with Crippen LogP contribution in [0.15, 0.2) is 36.5 Å². The average Bonchev–Trinajstić information content (AvgIpc) is 3.21. The molecule has 2 heterocycles. The van der Waals surface area contributed by atoms with Crippen molar-refractivity contribution in [3.05, 3.63) is 53.3 Å². The highest BCUT2D eigenvalue weighted by atomic mass is 16.5. The van der Waals surface area contributed by atoms with Crippen molar-refractivity contribution in [1.82, 2.24) is 15.1 Å². The lowest BCUT2D eigenvalue weighted by atomic mass is 9.88. The van der Waals surface area contributed by atoms with Gasteiger partial charge in [-0.25, -0.2) is 0 Å². The quantitative estimate of drug-likeness (QED) is 0.943. The van der Waals surface area contributed by atoms with E-state index in [0.717, 1.165) is 26.0 Å². The Morgan fingerprint density at radius 2 is 2.09 bits per heavy atom. The van der Waals surface area contributed by atoms with Gasteiger partial charge in [0.1, 0.15) is 6.10 Å². The van der Waals surface area contributed by atoms with E-state index in [1.165, 1.54) is 29.7 Å². The fourth-order valence-corrected chi connectivity index (χ4v) is 4.02. The van der Waals surface area contributed by atoms with E-state index >= 15 is 0 Å². The van der Waals surface area contributed by atoms with Gasteiger partial charge in [-0.15, -0.1) is 0 Å². The molecule has 23 heavy (non-hydrogen) atoms. The Kier molecular flexibility index (Phi) is 4.19. The molecule has 0 amide bonds. The second-order valence-electron chi connectivity index (χ2n) is 6.84. The topological polar surface area (TPSA) is 39.1 Å². The summed E-state index contributed by atoms with van der Waals surface area (Å²) in [6.07, 6.45) is 6.76. The number of aryl methyl sites for hydroxylation is 2. The number of hydrogen-bond acceptors (Lipinski definition) is 3. The van der Waals surface area contributed by atoms with Crippen LogP contribution in [0.5, 0.6) is 0 Å². The first-order valence-electron chi connectivity index (χ1n) is 8.71. The minimum absolute atomic E-state index is 0.186. The van der Waals surface area contributed by atoms with Gasteiger partial charge in [-0.2, -0.15) is 5.10 Å². The molecule has 0 radical (unpaired) electrons. The Balaban J connectivity index is 1.37. The Bertz CT molecular complexity index is 666. The predicted molar refractivity (Wildman–Crippen MR) is 90.3 cm³/mol. The van der Waals surface area contributed by atoms with E-state index in [4.69, 9.17) is 4.74 Å². The van der Waals surface area contributed by atoms with Crippen LogP contribution >= 0.6 is 0 Å². The van der Waals surface area contributed by atoms with Gasteiger partial charge in [-0.1, -0.05) is 24.3 Å². The highest BCUT2D eigenvalue weighted by Crippen LogP contribution is 2.34. The number of benzene rings is 1. The number of aromatic nitrogens is 2. The van der Waals surface area contributed by atoms with Gasteiger partial charge in [0.15, 0.2) is 0 Å². The van der Waals surface area contributed by atoms with Gasteiger partial charge in [-0.05, 0) is 42.9 Å². The van der Waals surface area contributed by atoms with Crippen molar-refractivity contribution >= 4 is 0 Å². The molecule has 1 saturated heterocycles. The molecule has 3 atom stereocenters. The highest BCUT2D eigenvalue weighted by Gasteiger charge is 2.32. The van der Waals surface area contributed by atoms with Crippen molar-refractivity contribution < 1.29 is 4.74 Å². The number of fused-ring (bicyclic) bond motifs is 1. The second kappa shape index (κ2) is 6.46. The molecule has 0 spiro atoms. The van der Waals surface area contributed by atoms with Crippen molar-refractivity contribution in [2.24, 2.45) is 13.0 Å². The van der Waals surface area contributed by atoms with Crippen molar-refractivity contribution in [1.29, 1.82) is 0 Å². The molecule has 2 aliphatic rings. The number of nitrogens with zero attached hydrogens (tertiary/aromatic N) is 2. The van der Waals surface area contributed by atoms with Crippen LogP contribution in [0.3, 0.4) is 0 Å². The fourth-order valence-electron chi connectivity index (χ4n) is 4.02. The van der Waals surface area contributed by atoms with E-state index in [1.807, 2.05) is 17.9 Å². The normalized spacial score (nSPS) is 27.1. The first kappa shape index (κ1) is 14.9. The van der Waals surface area contributed by atoms with Crippen molar-refractivity contribution in [2.75, 3.05) is 13.2 Å². The van der Waals surface area contributed by atoms with E-state index in [2.05, 4.69) is 40.7 Å². The largest absolute Gasteiger partial charge is 0.372 e. The van der Waals surface area contributed by atoms with Crippen LogP contribution in [0.4, 0.5) is 0 Å². The molecule has 1 aromatic carbocycles. The van der Waals surface area contributed by atoms with Crippen molar-refractivity contribution in [3.63, 3.8) is 0 Å². The zero-order valence-electron chi connectivity index (χ0n) is 13.7. The molecule has 1 aromatic heterocycles. The molecule has 1 N–H and O–H groups in total. The molecular weight excluding hydrogens is 286 g/mol. The van der Waals surface area contributed by atoms with E-state index in [1.54, 1.807) is 0 Å². The Labute approximate surface area is 137 Å². The molecule has 2 aromatic rings. The van der Waals surface area contributed by atoms with Crippen LogP contribution in [-0.2, 0) is 24.6 Å². The lowest BCUT2D eigenvalue weighted by Crippen LogP contribution is -2.38. The standard InChI is InChI=1S/C19H25N3O/c1-22-18(8-10-21-22)19-16(9-11-23-19)13-20-17-7-6-14-4-2-3-5-15(14)12-17/h2-5,8,10,16-17,19-20H,6-7,9,11-13H2,1H3/t16-,17-,19+/m0/s1. The zero-order chi connectivity index (χ0) is 15.6. The second-order valence-corrected chi connectivity index (χ2v) is 6.84. The number of hydrogen-bond donors (Lipinski definition) is 1. The van der Waals surface area contributed by atoms with Crippen LogP contribution in [0.2, 0.25) is 0 Å². The maximum Gasteiger partial charge on any atom is 0.103 e. The van der Waals surface area contributed by atoms with Crippen LogP contribution < -0.4 is 5.32 Å². The van der Waals surface area contributed by atoms with Crippen LogP contribution in [0.1, 0.15) is 35.8 Å². The van der Waals surface area contributed by atoms with E-state index < -0.39 is 0 Å². The minimum atomic E-state index is 0.186. The molecule has 4 nitrogen and oxygen atoms in total. The number of nitrogens with one attached hydrogen (secondary N) is 1. The minimum Gasteiger partial charge on any atom is -0.372 e. The van der Waals surface area contributed by atoms with Gasteiger partial charge < -0.3 is 10.1 Å². The monoisotopic (exact) mass is 311 g/mol. The molecule has 0 bridgehead atoms. The van der Waals surface area contributed by atoms with Gasteiger partial charge in [0.2, 0.25) is 0 Å². The van der Waals surface area contributed by atoms with E-state index in [-0.39, 0.29) is 6.10 Å². The Morgan fingerprint density at radius 3 is 2.91 bits per heavy atom. The lowest BCUT2D eigenvalue weighted by molar-refractivity contribution is 0.0830. The molecule has 4 rings (SSSR count). The predicted octanol–water partition coefficient (Wildman–Crippen LogP) is 2.64. The number of rotatable bonds is 4. The first-order valence-corrected chi connectivity index (χ1v) is 8.71. The third-order valence-electron chi connectivity index (χ3n) is 5.38. The molecule has 122 valence electrons. The maximum atomic E-state index is 5.99. The summed E-state index contributed by atoms with van der Waals surface area (Å²) in [4.78, 5) is 0. The third kappa shape index (κ3) is 3.06. The summed E-state index contributed by atoms with van der Waals surface area (Å²) in [6, 6.07) is 11.5. The average molecular weight is 311 g/mol. The van der Waals surface area contributed by atoms with E-state index in [9.17, 15) is 0 Å². The van der Waals surface area contributed by atoms with E-state index in [0.29, 0.717) is 12.0 Å². The summed E-state index contributed by atoms with van der Waals surface area (Å²) >= 11 is 0. The van der Waals surface area contributed by atoms with Crippen molar-refractivity contribution in [2.45, 2.75) is 37.8 Å². The smallest absolute Gasteiger partial charge is 0.103 e. The molecule has 0 saturated carbocycles. The van der Waals surface area contributed by atoms with Crippen LogP contribution in [0, 0.1) is 5.92 Å². The SMILES string of the molecule is Cn1nccc1[C@@H]1OCC[C@H]1CN[C@H]1CCc2ccccc2C1. The molecule has 0 unspecified atom stereocenters. The van der Waals surface area contributed by atoms with Gasteiger partial charge >= 0.3 is 0 Å². The summed E-state index contributed by atoms with van der Waals surface area (Å²) < 4.78 is 7.93.